The summed E-state index contributed by atoms with van der Waals surface area (Å²) in [4.78, 5) is 20.7. The van der Waals surface area contributed by atoms with E-state index in [0.717, 1.165) is 18.9 Å². The molecule has 0 radical (unpaired) electrons. The minimum absolute atomic E-state index is 0.0368. The fourth-order valence-corrected chi connectivity index (χ4v) is 2.38. The Bertz CT molecular complexity index is 465. The van der Waals surface area contributed by atoms with E-state index in [4.69, 9.17) is 0 Å². The lowest BCUT2D eigenvalue weighted by molar-refractivity contribution is 0.0790. The van der Waals surface area contributed by atoms with Gasteiger partial charge in [0, 0.05) is 32.4 Å². The zero-order chi connectivity index (χ0) is 14.4. The van der Waals surface area contributed by atoms with E-state index in [1.807, 2.05) is 12.1 Å². The second-order valence-corrected chi connectivity index (χ2v) is 4.89. The van der Waals surface area contributed by atoms with Gasteiger partial charge in [0.2, 0.25) is 0 Å². The van der Waals surface area contributed by atoms with Crippen LogP contribution in [0.4, 0.5) is 5.82 Å². The van der Waals surface area contributed by atoms with Gasteiger partial charge in [-0.15, -0.1) is 13.2 Å². The maximum absolute atomic E-state index is 12.3. The summed E-state index contributed by atoms with van der Waals surface area (Å²) < 4.78 is 0. The normalized spacial score (nSPS) is 14.1. The zero-order valence-electron chi connectivity index (χ0n) is 11.8. The fourth-order valence-electron chi connectivity index (χ4n) is 2.38. The van der Waals surface area contributed by atoms with E-state index in [2.05, 4.69) is 23.0 Å². The number of nitrogens with zero attached hydrogens (tertiary/aromatic N) is 3. The molecule has 1 aromatic heterocycles. The highest BCUT2D eigenvalue weighted by atomic mass is 16.2. The Balaban J connectivity index is 2.09. The van der Waals surface area contributed by atoms with Crippen molar-refractivity contribution < 1.29 is 4.79 Å². The standard InChI is InChI=1S/C16H21N3O/c1-3-9-19(10-4-2)16(20)14-7-8-15(17-13-14)18-11-5-6-12-18/h3-4,7-8,13H,1-2,5-6,9-12H2. The van der Waals surface area contributed by atoms with Gasteiger partial charge in [0.05, 0.1) is 5.56 Å². The van der Waals surface area contributed by atoms with E-state index in [0.29, 0.717) is 18.7 Å². The average Bonchev–Trinajstić information content (AvgIpc) is 3.01. The molecule has 1 aromatic rings. The molecular formula is C16H21N3O. The monoisotopic (exact) mass is 271 g/mol. The van der Waals surface area contributed by atoms with Crippen molar-refractivity contribution in [2.75, 3.05) is 31.1 Å². The summed E-state index contributed by atoms with van der Waals surface area (Å²) in [6.45, 7) is 10.5. The summed E-state index contributed by atoms with van der Waals surface area (Å²) in [5.41, 5.74) is 0.608. The molecular weight excluding hydrogens is 250 g/mol. The van der Waals surface area contributed by atoms with E-state index in [-0.39, 0.29) is 5.91 Å². The van der Waals surface area contributed by atoms with Crippen molar-refractivity contribution in [3.05, 3.63) is 49.2 Å². The van der Waals surface area contributed by atoms with E-state index in [1.165, 1.54) is 12.8 Å². The first kappa shape index (κ1) is 14.3. The van der Waals surface area contributed by atoms with Crippen LogP contribution in [-0.4, -0.2) is 42.0 Å². The molecule has 20 heavy (non-hydrogen) atoms. The SMILES string of the molecule is C=CCN(CC=C)C(=O)c1ccc(N2CCCC2)nc1. The third-order valence-corrected chi connectivity index (χ3v) is 3.41. The lowest BCUT2D eigenvalue weighted by Gasteiger charge is -2.20. The summed E-state index contributed by atoms with van der Waals surface area (Å²) >= 11 is 0. The van der Waals surface area contributed by atoms with E-state index in [1.54, 1.807) is 23.2 Å². The quantitative estimate of drug-likeness (QED) is 0.746. The fraction of sp³-hybridized carbons (Fsp3) is 0.375. The van der Waals surface area contributed by atoms with Crippen LogP contribution in [-0.2, 0) is 0 Å². The molecule has 0 aliphatic carbocycles. The molecule has 0 N–H and O–H groups in total. The molecule has 1 aliphatic heterocycles. The van der Waals surface area contributed by atoms with Gasteiger partial charge in [-0.05, 0) is 25.0 Å². The number of anilines is 1. The lowest BCUT2D eigenvalue weighted by Crippen LogP contribution is -2.31. The second-order valence-electron chi connectivity index (χ2n) is 4.89. The van der Waals surface area contributed by atoms with Crippen molar-refractivity contribution >= 4 is 11.7 Å². The first-order valence-electron chi connectivity index (χ1n) is 6.98. The highest BCUT2D eigenvalue weighted by Gasteiger charge is 2.16. The molecule has 0 spiro atoms. The number of amides is 1. The van der Waals surface area contributed by atoms with Gasteiger partial charge in [0.25, 0.3) is 5.91 Å². The second kappa shape index (κ2) is 6.89. The van der Waals surface area contributed by atoms with Crippen LogP contribution in [0.2, 0.25) is 0 Å². The highest BCUT2D eigenvalue weighted by molar-refractivity contribution is 5.94. The molecule has 0 atom stereocenters. The van der Waals surface area contributed by atoms with Gasteiger partial charge in [0.15, 0.2) is 0 Å². The van der Waals surface area contributed by atoms with Gasteiger partial charge in [-0.2, -0.15) is 0 Å². The molecule has 0 saturated carbocycles. The molecule has 1 aliphatic rings. The van der Waals surface area contributed by atoms with Crippen molar-refractivity contribution in [1.29, 1.82) is 0 Å². The molecule has 4 nitrogen and oxygen atoms in total. The van der Waals surface area contributed by atoms with Crippen LogP contribution in [0.15, 0.2) is 43.6 Å². The Morgan fingerprint density at radius 1 is 1.25 bits per heavy atom. The largest absolute Gasteiger partial charge is 0.357 e. The maximum Gasteiger partial charge on any atom is 0.255 e. The zero-order valence-corrected chi connectivity index (χ0v) is 11.8. The van der Waals surface area contributed by atoms with Gasteiger partial charge in [-0.1, -0.05) is 12.2 Å². The molecule has 2 rings (SSSR count). The van der Waals surface area contributed by atoms with Crippen LogP contribution in [0.1, 0.15) is 23.2 Å². The maximum atomic E-state index is 12.3. The number of aromatic nitrogens is 1. The Morgan fingerprint density at radius 2 is 1.90 bits per heavy atom. The first-order valence-corrected chi connectivity index (χ1v) is 6.98. The van der Waals surface area contributed by atoms with E-state index in [9.17, 15) is 4.79 Å². The predicted molar refractivity (Wildman–Crippen MR) is 82.0 cm³/mol. The number of hydrogen-bond donors (Lipinski definition) is 0. The Morgan fingerprint density at radius 3 is 2.40 bits per heavy atom. The van der Waals surface area contributed by atoms with Crippen molar-refractivity contribution in [1.82, 2.24) is 9.88 Å². The predicted octanol–water partition coefficient (Wildman–Crippen LogP) is 2.50. The molecule has 1 amide bonds. The first-order chi connectivity index (χ1) is 9.76. The Hall–Kier alpha value is -2.10. The van der Waals surface area contributed by atoms with Crippen molar-refractivity contribution in [3.63, 3.8) is 0 Å². The topological polar surface area (TPSA) is 36.4 Å². The van der Waals surface area contributed by atoms with E-state index < -0.39 is 0 Å². The third kappa shape index (κ3) is 3.26. The van der Waals surface area contributed by atoms with Gasteiger partial charge in [-0.3, -0.25) is 4.79 Å². The summed E-state index contributed by atoms with van der Waals surface area (Å²) in [5, 5.41) is 0. The molecule has 2 heterocycles. The molecule has 0 bridgehead atoms. The van der Waals surface area contributed by atoms with Crippen molar-refractivity contribution in [2.24, 2.45) is 0 Å². The summed E-state index contributed by atoms with van der Waals surface area (Å²) in [6.07, 6.45) is 7.53. The molecule has 1 saturated heterocycles. The molecule has 4 heteroatoms. The summed E-state index contributed by atoms with van der Waals surface area (Å²) in [6, 6.07) is 3.78. The molecule has 106 valence electrons. The van der Waals surface area contributed by atoms with Crippen LogP contribution >= 0.6 is 0 Å². The minimum atomic E-state index is -0.0368. The van der Waals surface area contributed by atoms with Crippen LogP contribution < -0.4 is 4.90 Å². The summed E-state index contributed by atoms with van der Waals surface area (Å²) in [5.74, 6) is 0.920. The number of pyridine rings is 1. The lowest BCUT2D eigenvalue weighted by atomic mass is 10.2. The third-order valence-electron chi connectivity index (χ3n) is 3.41. The van der Waals surface area contributed by atoms with E-state index >= 15 is 0 Å². The molecule has 0 aromatic carbocycles. The highest BCUT2D eigenvalue weighted by Crippen LogP contribution is 2.18. The van der Waals surface area contributed by atoms with Crippen LogP contribution in [0.3, 0.4) is 0 Å². The minimum Gasteiger partial charge on any atom is -0.357 e. The number of carbonyl (C=O) groups is 1. The Labute approximate surface area is 120 Å². The molecule has 0 unspecified atom stereocenters. The average molecular weight is 271 g/mol. The number of rotatable bonds is 6. The Kier molecular flexibility index (Phi) is 4.93. The van der Waals surface area contributed by atoms with Crippen LogP contribution in [0.25, 0.3) is 0 Å². The van der Waals surface area contributed by atoms with Crippen molar-refractivity contribution in [2.45, 2.75) is 12.8 Å². The van der Waals surface area contributed by atoms with Crippen LogP contribution in [0, 0.1) is 0 Å². The summed E-state index contributed by atoms with van der Waals surface area (Å²) in [7, 11) is 0. The molecule has 1 fully saturated rings. The van der Waals surface area contributed by atoms with Crippen LogP contribution in [0.5, 0.6) is 0 Å². The van der Waals surface area contributed by atoms with Gasteiger partial charge in [-0.25, -0.2) is 4.98 Å². The number of hydrogen-bond acceptors (Lipinski definition) is 3. The number of carbonyl (C=O) groups excluding carboxylic acids is 1. The smallest absolute Gasteiger partial charge is 0.255 e. The van der Waals surface area contributed by atoms with Gasteiger partial charge >= 0.3 is 0 Å². The van der Waals surface area contributed by atoms with Gasteiger partial charge in [0.1, 0.15) is 5.82 Å². The van der Waals surface area contributed by atoms with Gasteiger partial charge < -0.3 is 9.80 Å². The van der Waals surface area contributed by atoms with Crippen molar-refractivity contribution in [3.8, 4) is 0 Å².